The number of nitrogens with zero attached hydrogens (tertiary/aromatic N) is 2. The summed E-state index contributed by atoms with van der Waals surface area (Å²) in [7, 11) is 0. The van der Waals surface area contributed by atoms with Gasteiger partial charge < -0.3 is 0 Å². The fourth-order valence-electron chi connectivity index (χ4n) is 2.72. The minimum absolute atomic E-state index is 0.725. The first kappa shape index (κ1) is 19.0. The molecule has 0 saturated carbocycles. The normalized spacial score (nSPS) is 11.8. The molecule has 2 heteroatoms. The molecule has 2 nitrogen and oxygen atoms in total. The summed E-state index contributed by atoms with van der Waals surface area (Å²) in [6, 6.07) is 4.44. The minimum atomic E-state index is 0.725. The van der Waals surface area contributed by atoms with Crippen molar-refractivity contribution in [2.24, 2.45) is 5.92 Å². The molecule has 0 fully saturated rings. The zero-order chi connectivity index (χ0) is 14.9. The van der Waals surface area contributed by atoms with Crippen LogP contribution in [0, 0.1) is 28.6 Å². The van der Waals surface area contributed by atoms with Crippen LogP contribution >= 0.6 is 0 Å². The van der Waals surface area contributed by atoms with Crippen molar-refractivity contribution < 1.29 is 0 Å². The summed E-state index contributed by atoms with van der Waals surface area (Å²) < 4.78 is 0. The molecule has 0 aromatic carbocycles. The van der Waals surface area contributed by atoms with E-state index in [-0.39, 0.29) is 0 Å². The van der Waals surface area contributed by atoms with Crippen LogP contribution in [0.1, 0.15) is 96.8 Å². The van der Waals surface area contributed by atoms with E-state index in [1.54, 1.807) is 0 Å². The first-order chi connectivity index (χ1) is 9.85. The van der Waals surface area contributed by atoms with E-state index in [0.29, 0.717) is 0 Å². The lowest BCUT2D eigenvalue weighted by Gasteiger charge is -2.13. The summed E-state index contributed by atoms with van der Waals surface area (Å²) in [5.41, 5.74) is 0. The molecule has 0 heterocycles. The van der Waals surface area contributed by atoms with Gasteiger partial charge in [0.05, 0.1) is 12.1 Å². The van der Waals surface area contributed by atoms with Gasteiger partial charge in [-0.3, -0.25) is 0 Å². The summed E-state index contributed by atoms with van der Waals surface area (Å²) in [6.07, 6.45) is 16.8. The minimum Gasteiger partial charge on any atom is -0.198 e. The van der Waals surface area contributed by atoms with Crippen molar-refractivity contribution in [2.75, 3.05) is 0 Å². The molecule has 0 aromatic rings. The van der Waals surface area contributed by atoms with E-state index in [1.165, 1.54) is 64.2 Å². The second-order valence-corrected chi connectivity index (χ2v) is 5.85. The van der Waals surface area contributed by atoms with Crippen LogP contribution in [0.5, 0.6) is 0 Å². The lowest BCUT2D eigenvalue weighted by molar-refractivity contribution is 0.403. The van der Waals surface area contributed by atoms with Crippen molar-refractivity contribution >= 4 is 0 Å². The molecule has 0 aliphatic heterocycles. The van der Waals surface area contributed by atoms with E-state index < -0.39 is 0 Å². The lowest BCUT2D eigenvalue weighted by atomic mass is 9.93. The topological polar surface area (TPSA) is 47.6 Å². The maximum atomic E-state index is 8.55. The molecule has 1 atom stereocenters. The Labute approximate surface area is 126 Å². The predicted octanol–water partition coefficient (Wildman–Crippen LogP) is 6.13. The summed E-state index contributed by atoms with van der Waals surface area (Å²) in [5.74, 6) is 0.842. The molecule has 0 rings (SSSR count). The molecule has 0 aromatic heterocycles. The molecule has 0 N–H and O–H groups in total. The van der Waals surface area contributed by atoms with Gasteiger partial charge in [0.2, 0.25) is 0 Å². The molecule has 20 heavy (non-hydrogen) atoms. The Morgan fingerprint density at radius 3 is 1.65 bits per heavy atom. The average Bonchev–Trinajstić information content (AvgIpc) is 2.47. The molecule has 114 valence electrons. The lowest BCUT2D eigenvalue weighted by Crippen LogP contribution is -1.98. The Morgan fingerprint density at radius 2 is 1.10 bits per heavy atom. The highest BCUT2D eigenvalue weighted by molar-refractivity contribution is 4.70. The van der Waals surface area contributed by atoms with Gasteiger partial charge in [0, 0.05) is 12.8 Å². The molecule has 0 amide bonds. The highest BCUT2D eigenvalue weighted by Crippen LogP contribution is 2.20. The largest absolute Gasteiger partial charge is 0.198 e. The summed E-state index contributed by atoms with van der Waals surface area (Å²) in [6.45, 7) is 2.28. The van der Waals surface area contributed by atoms with Crippen molar-refractivity contribution in [3.63, 3.8) is 0 Å². The molecular weight excluding hydrogens is 244 g/mol. The molecule has 0 aliphatic rings. The van der Waals surface area contributed by atoms with Crippen LogP contribution in [-0.2, 0) is 0 Å². The van der Waals surface area contributed by atoms with Crippen LogP contribution in [0.15, 0.2) is 0 Å². The third-order valence-corrected chi connectivity index (χ3v) is 4.13. The Balaban J connectivity index is 3.25. The Bertz CT molecular complexity index is 272. The maximum absolute atomic E-state index is 8.55. The number of nitriles is 2. The van der Waals surface area contributed by atoms with E-state index in [2.05, 4.69) is 19.1 Å². The zero-order valence-electron chi connectivity index (χ0n) is 13.4. The van der Waals surface area contributed by atoms with Crippen molar-refractivity contribution in [3.05, 3.63) is 0 Å². The van der Waals surface area contributed by atoms with E-state index in [9.17, 15) is 0 Å². The van der Waals surface area contributed by atoms with Crippen molar-refractivity contribution in [1.82, 2.24) is 0 Å². The van der Waals surface area contributed by atoms with Crippen molar-refractivity contribution in [3.8, 4) is 12.1 Å². The van der Waals surface area contributed by atoms with Crippen LogP contribution in [0.3, 0.4) is 0 Å². The average molecular weight is 276 g/mol. The van der Waals surface area contributed by atoms with Crippen LogP contribution in [0.2, 0.25) is 0 Å². The molecule has 1 unspecified atom stereocenters. The van der Waals surface area contributed by atoms with Crippen LogP contribution in [-0.4, -0.2) is 0 Å². The zero-order valence-corrected chi connectivity index (χ0v) is 13.4. The summed E-state index contributed by atoms with van der Waals surface area (Å²) in [5, 5.41) is 17.0. The van der Waals surface area contributed by atoms with Gasteiger partial charge in [-0.2, -0.15) is 10.5 Å². The van der Waals surface area contributed by atoms with E-state index in [0.717, 1.165) is 31.6 Å². The third-order valence-electron chi connectivity index (χ3n) is 4.13. The SMILES string of the molecule is CCC(CCCC#N)CCCCCCCCCCC#N. The molecule has 0 saturated heterocycles. The third kappa shape index (κ3) is 13.4. The van der Waals surface area contributed by atoms with E-state index in [1.807, 2.05) is 0 Å². The fraction of sp³-hybridized carbons (Fsp3) is 0.889. The van der Waals surface area contributed by atoms with E-state index in [4.69, 9.17) is 10.5 Å². The van der Waals surface area contributed by atoms with Gasteiger partial charge in [-0.1, -0.05) is 64.7 Å². The van der Waals surface area contributed by atoms with Gasteiger partial charge in [0.15, 0.2) is 0 Å². The standard InChI is InChI=1S/C18H32N2/c1-2-18(15-11-13-17-20)14-10-8-6-4-3-5-7-9-12-16-19/h18H,2-15H2,1H3. The second kappa shape index (κ2) is 16.0. The van der Waals surface area contributed by atoms with Gasteiger partial charge in [0.1, 0.15) is 0 Å². The Morgan fingerprint density at radius 1 is 0.650 bits per heavy atom. The van der Waals surface area contributed by atoms with Crippen LogP contribution in [0.25, 0.3) is 0 Å². The predicted molar refractivity (Wildman–Crippen MR) is 85.0 cm³/mol. The van der Waals surface area contributed by atoms with Gasteiger partial charge in [-0.05, 0) is 25.2 Å². The second-order valence-electron chi connectivity index (χ2n) is 5.85. The monoisotopic (exact) mass is 276 g/mol. The van der Waals surface area contributed by atoms with Crippen LogP contribution in [0.4, 0.5) is 0 Å². The summed E-state index contributed by atoms with van der Waals surface area (Å²) in [4.78, 5) is 0. The van der Waals surface area contributed by atoms with Gasteiger partial charge in [-0.15, -0.1) is 0 Å². The number of hydrogen-bond acceptors (Lipinski definition) is 2. The quantitative estimate of drug-likeness (QED) is 0.358. The maximum Gasteiger partial charge on any atom is 0.0621 e. The highest BCUT2D eigenvalue weighted by Gasteiger charge is 2.05. The number of unbranched alkanes of at least 4 members (excludes halogenated alkanes) is 9. The highest BCUT2D eigenvalue weighted by atomic mass is 14.2. The van der Waals surface area contributed by atoms with Gasteiger partial charge in [-0.25, -0.2) is 0 Å². The molecule has 0 aliphatic carbocycles. The van der Waals surface area contributed by atoms with Gasteiger partial charge >= 0.3 is 0 Å². The van der Waals surface area contributed by atoms with Crippen LogP contribution < -0.4 is 0 Å². The molecule has 0 spiro atoms. The Hall–Kier alpha value is -1.02. The Kier molecular flexibility index (Phi) is 15.2. The van der Waals surface area contributed by atoms with Crippen molar-refractivity contribution in [1.29, 1.82) is 10.5 Å². The fourth-order valence-corrected chi connectivity index (χ4v) is 2.72. The molecule has 0 radical (unpaired) electrons. The first-order valence-electron chi connectivity index (χ1n) is 8.59. The van der Waals surface area contributed by atoms with E-state index >= 15 is 0 Å². The summed E-state index contributed by atoms with van der Waals surface area (Å²) >= 11 is 0. The molecule has 0 bridgehead atoms. The molecular formula is C18H32N2. The smallest absolute Gasteiger partial charge is 0.0621 e. The van der Waals surface area contributed by atoms with Crippen molar-refractivity contribution in [2.45, 2.75) is 96.8 Å². The first-order valence-corrected chi connectivity index (χ1v) is 8.59. The number of rotatable bonds is 14. The number of hydrogen-bond donors (Lipinski definition) is 0. The van der Waals surface area contributed by atoms with Gasteiger partial charge in [0.25, 0.3) is 0 Å².